The Hall–Kier alpha value is -2.79. The molecule has 0 aromatic heterocycles. The molecular weight excluding hydrogens is 320 g/mol. The molecule has 0 aliphatic carbocycles. The zero-order chi connectivity index (χ0) is 16.9. The number of benzene rings is 2. The summed E-state index contributed by atoms with van der Waals surface area (Å²) < 4.78 is 0. The van der Waals surface area contributed by atoms with Crippen LogP contribution in [0.2, 0.25) is 0 Å². The van der Waals surface area contributed by atoms with Gasteiger partial charge in [-0.25, -0.2) is 4.99 Å². The van der Waals surface area contributed by atoms with Gasteiger partial charge in [-0.2, -0.15) is 0 Å². The minimum Gasteiger partial charge on any atom is -0.508 e. The molecule has 0 atom stereocenters. The first kappa shape index (κ1) is 16.1. The van der Waals surface area contributed by atoms with Crippen molar-refractivity contribution in [3.63, 3.8) is 0 Å². The van der Waals surface area contributed by atoms with Gasteiger partial charge in [0.2, 0.25) is 0 Å². The quantitative estimate of drug-likeness (QED) is 0.673. The third-order valence-electron chi connectivity index (χ3n) is 3.37. The summed E-state index contributed by atoms with van der Waals surface area (Å²) in [6, 6.07) is 16.2. The number of phenols is 1. The Morgan fingerprint density at radius 2 is 1.83 bits per heavy atom. The fraction of sp³-hybridized carbons (Fsp3) is 0.0526. The van der Waals surface area contributed by atoms with Crippen LogP contribution in [0.5, 0.6) is 5.75 Å². The third-order valence-corrected chi connectivity index (χ3v) is 4.38. The Kier molecular flexibility index (Phi) is 4.82. The standard InChI is InChI=1S/C19H16N2O2S/c1-2-12-21-18(23)17(13-14-8-10-16(22)11-9-14)24-19(21)20-15-6-4-3-5-7-15/h2-11,13,22H,1,12H2/b17-13-,20-19?. The lowest BCUT2D eigenvalue weighted by Gasteiger charge is -2.12. The summed E-state index contributed by atoms with van der Waals surface area (Å²) in [6.45, 7) is 4.12. The molecule has 0 unspecified atom stereocenters. The Labute approximate surface area is 144 Å². The van der Waals surface area contributed by atoms with Gasteiger partial charge in [-0.3, -0.25) is 9.69 Å². The molecule has 1 aliphatic rings. The number of hydrogen-bond acceptors (Lipinski definition) is 4. The largest absolute Gasteiger partial charge is 0.508 e. The summed E-state index contributed by atoms with van der Waals surface area (Å²) in [4.78, 5) is 19.4. The first-order chi connectivity index (χ1) is 11.7. The van der Waals surface area contributed by atoms with Gasteiger partial charge in [-0.15, -0.1) is 6.58 Å². The van der Waals surface area contributed by atoms with E-state index in [1.165, 1.54) is 11.8 Å². The van der Waals surface area contributed by atoms with Crippen molar-refractivity contribution in [2.75, 3.05) is 6.54 Å². The highest BCUT2D eigenvalue weighted by Crippen LogP contribution is 2.34. The molecule has 1 saturated heterocycles. The molecule has 2 aromatic rings. The molecule has 0 radical (unpaired) electrons. The highest BCUT2D eigenvalue weighted by atomic mass is 32.2. The van der Waals surface area contributed by atoms with E-state index in [2.05, 4.69) is 11.6 Å². The zero-order valence-electron chi connectivity index (χ0n) is 12.9. The molecule has 5 heteroatoms. The van der Waals surface area contributed by atoms with Crippen LogP contribution in [0.25, 0.3) is 6.08 Å². The second kappa shape index (κ2) is 7.19. The van der Waals surface area contributed by atoms with E-state index in [0.717, 1.165) is 11.3 Å². The number of hydrogen-bond donors (Lipinski definition) is 1. The Morgan fingerprint density at radius 1 is 1.12 bits per heavy atom. The summed E-state index contributed by atoms with van der Waals surface area (Å²) in [7, 11) is 0. The Bertz CT molecular complexity index is 811. The van der Waals surface area contributed by atoms with Crippen LogP contribution < -0.4 is 0 Å². The number of carbonyl (C=O) groups is 1. The Morgan fingerprint density at radius 3 is 2.50 bits per heavy atom. The van der Waals surface area contributed by atoms with Crippen LogP contribution in [0.3, 0.4) is 0 Å². The SMILES string of the molecule is C=CCN1C(=O)/C(=C/c2ccc(O)cc2)SC1=Nc1ccccc1. The van der Waals surface area contributed by atoms with Crippen LogP contribution in [0, 0.1) is 0 Å². The maximum Gasteiger partial charge on any atom is 0.267 e. The molecule has 0 bridgehead atoms. The third kappa shape index (κ3) is 3.58. The number of thioether (sulfide) groups is 1. The highest BCUT2D eigenvalue weighted by molar-refractivity contribution is 8.18. The lowest BCUT2D eigenvalue weighted by molar-refractivity contribution is -0.121. The molecule has 1 N–H and O–H groups in total. The average molecular weight is 336 g/mol. The van der Waals surface area contributed by atoms with Crippen molar-refractivity contribution in [2.45, 2.75) is 0 Å². The van der Waals surface area contributed by atoms with E-state index in [4.69, 9.17) is 0 Å². The molecule has 120 valence electrons. The molecule has 3 rings (SSSR count). The Balaban J connectivity index is 1.93. The maximum absolute atomic E-state index is 12.6. The second-order valence-electron chi connectivity index (χ2n) is 5.14. The van der Waals surface area contributed by atoms with E-state index < -0.39 is 0 Å². The molecule has 0 saturated carbocycles. The number of rotatable bonds is 4. The van der Waals surface area contributed by atoms with E-state index in [9.17, 15) is 9.90 Å². The van der Waals surface area contributed by atoms with Crippen molar-refractivity contribution in [3.8, 4) is 5.75 Å². The molecule has 24 heavy (non-hydrogen) atoms. The zero-order valence-corrected chi connectivity index (χ0v) is 13.7. The summed E-state index contributed by atoms with van der Waals surface area (Å²) >= 11 is 1.34. The van der Waals surface area contributed by atoms with Gasteiger partial charge in [0.15, 0.2) is 5.17 Å². The van der Waals surface area contributed by atoms with Crippen LogP contribution in [-0.4, -0.2) is 27.6 Å². The number of nitrogens with zero attached hydrogens (tertiary/aromatic N) is 2. The van der Waals surface area contributed by atoms with E-state index in [0.29, 0.717) is 16.6 Å². The number of para-hydroxylation sites is 1. The van der Waals surface area contributed by atoms with Crippen LogP contribution in [0.15, 0.2) is 77.1 Å². The van der Waals surface area contributed by atoms with Gasteiger partial charge >= 0.3 is 0 Å². The second-order valence-corrected chi connectivity index (χ2v) is 6.15. The number of phenolic OH excluding ortho intramolecular Hbond substituents is 1. The van der Waals surface area contributed by atoms with Gasteiger partial charge in [0.25, 0.3) is 5.91 Å². The molecule has 1 aliphatic heterocycles. The summed E-state index contributed by atoms with van der Waals surface area (Å²) in [5.74, 6) is 0.102. The van der Waals surface area contributed by atoms with E-state index in [1.54, 1.807) is 41.3 Å². The topological polar surface area (TPSA) is 52.9 Å². The molecule has 0 spiro atoms. The molecule has 1 heterocycles. The monoisotopic (exact) mass is 336 g/mol. The predicted molar refractivity (Wildman–Crippen MR) is 99.1 cm³/mol. The van der Waals surface area contributed by atoms with Gasteiger partial charge < -0.3 is 5.11 Å². The first-order valence-corrected chi connectivity index (χ1v) is 8.24. The van der Waals surface area contributed by atoms with E-state index in [-0.39, 0.29) is 11.7 Å². The smallest absolute Gasteiger partial charge is 0.267 e. The number of carbonyl (C=O) groups excluding carboxylic acids is 1. The number of aromatic hydroxyl groups is 1. The summed E-state index contributed by atoms with van der Waals surface area (Å²) in [5.41, 5.74) is 1.65. The van der Waals surface area contributed by atoms with Crippen molar-refractivity contribution in [2.24, 2.45) is 4.99 Å². The summed E-state index contributed by atoms with van der Waals surface area (Å²) in [5, 5.41) is 9.99. The van der Waals surface area contributed by atoms with Crippen molar-refractivity contribution < 1.29 is 9.90 Å². The minimum atomic E-state index is -0.0948. The predicted octanol–water partition coefficient (Wildman–Crippen LogP) is 4.18. The average Bonchev–Trinajstić information content (AvgIpc) is 2.87. The van der Waals surface area contributed by atoms with E-state index >= 15 is 0 Å². The van der Waals surface area contributed by atoms with Gasteiger partial charge in [0, 0.05) is 6.54 Å². The van der Waals surface area contributed by atoms with Crippen LogP contribution in [0.1, 0.15) is 5.56 Å². The fourth-order valence-corrected chi connectivity index (χ4v) is 3.22. The van der Waals surface area contributed by atoms with Crippen molar-refractivity contribution in [3.05, 3.63) is 77.7 Å². The van der Waals surface area contributed by atoms with Gasteiger partial charge in [-0.05, 0) is 47.7 Å². The van der Waals surface area contributed by atoms with Crippen molar-refractivity contribution in [1.82, 2.24) is 4.90 Å². The minimum absolute atomic E-state index is 0.0948. The number of amides is 1. The highest BCUT2D eigenvalue weighted by Gasteiger charge is 2.32. The molecule has 1 fully saturated rings. The first-order valence-electron chi connectivity index (χ1n) is 7.42. The van der Waals surface area contributed by atoms with Crippen LogP contribution in [0.4, 0.5) is 5.69 Å². The lowest BCUT2D eigenvalue weighted by Crippen LogP contribution is -2.29. The van der Waals surface area contributed by atoms with Crippen LogP contribution in [-0.2, 0) is 4.79 Å². The normalized spacial score (nSPS) is 17.7. The summed E-state index contributed by atoms with van der Waals surface area (Å²) in [6.07, 6.45) is 3.48. The van der Waals surface area contributed by atoms with Gasteiger partial charge in [0.1, 0.15) is 5.75 Å². The van der Waals surface area contributed by atoms with Crippen molar-refractivity contribution in [1.29, 1.82) is 0 Å². The number of aliphatic imine (C=N–C) groups is 1. The molecule has 4 nitrogen and oxygen atoms in total. The van der Waals surface area contributed by atoms with Crippen molar-refractivity contribution >= 4 is 34.6 Å². The molecule has 2 aromatic carbocycles. The lowest BCUT2D eigenvalue weighted by atomic mass is 10.2. The van der Waals surface area contributed by atoms with Gasteiger partial charge in [-0.1, -0.05) is 36.4 Å². The van der Waals surface area contributed by atoms with E-state index in [1.807, 2.05) is 30.3 Å². The molecular formula is C19H16N2O2S. The van der Waals surface area contributed by atoms with Crippen LogP contribution >= 0.6 is 11.8 Å². The maximum atomic E-state index is 12.6. The fourth-order valence-electron chi connectivity index (χ4n) is 2.22. The number of amidine groups is 1. The molecule has 1 amide bonds. The van der Waals surface area contributed by atoms with Gasteiger partial charge in [0.05, 0.1) is 10.6 Å².